The van der Waals surface area contributed by atoms with Gasteiger partial charge in [0.1, 0.15) is 0 Å². The molecule has 0 fully saturated rings. The fourth-order valence-electron chi connectivity index (χ4n) is 3.60. The Morgan fingerprint density at radius 3 is 2.73 bits per heavy atom. The first-order chi connectivity index (χ1) is 12.6. The zero-order valence-electron chi connectivity index (χ0n) is 15.5. The van der Waals surface area contributed by atoms with Crippen molar-refractivity contribution in [2.24, 2.45) is 0 Å². The van der Waals surface area contributed by atoms with Crippen molar-refractivity contribution in [3.05, 3.63) is 83.0 Å². The minimum Gasteiger partial charge on any atom is -0.338 e. The lowest BCUT2D eigenvalue weighted by Crippen LogP contribution is -2.37. The smallest absolute Gasteiger partial charge is 0.213 e. The molecule has 2 heterocycles. The van der Waals surface area contributed by atoms with Crippen LogP contribution >= 0.6 is 11.8 Å². The third kappa shape index (κ3) is 2.82. The molecule has 26 heavy (non-hydrogen) atoms. The lowest BCUT2D eigenvalue weighted by Gasteiger charge is -2.14. The van der Waals surface area contributed by atoms with Gasteiger partial charge in [-0.15, -0.1) is 0 Å². The molecule has 2 nitrogen and oxygen atoms in total. The number of aromatic nitrogens is 1. The molecule has 0 spiro atoms. The monoisotopic (exact) mass is 359 g/mol. The van der Waals surface area contributed by atoms with E-state index in [0.29, 0.717) is 0 Å². The van der Waals surface area contributed by atoms with E-state index in [-0.39, 0.29) is 0 Å². The van der Waals surface area contributed by atoms with Gasteiger partial charge in [0.05, 0.1) is 10.7 Å². The molecule has 4 rings (SSSR count). The van der Waals surface area contributed by atoms with Gasteiger partial charge in [0.15, 0.2) is 6.54 Å². The van der Waals surface area contributed by atoms with E-state index in [2.05, 4.69) is 91.5 Å². The average Bonchev–Trinajstić information content (AvgIpc) is 2.94. The Kier molecular flexibility index (Phi) is 4.33. The van der Waals surface area contributed by atoms with Crippen LogP contribution in [0.4, 0.5) is 5.69 Å². The number of nitrogens with zero attached hydrogens (tertiary/aromatic N) is 2. The topological polar surface area (TPSA) is 7.12 Å². The summed E-state index contributed by atoms with van der Waals surface area (Å²) < 4.78 is 2.32. The quantitative estimate of drug-likeness (QED) is 0.452. The molecule has 0 saturated carbocycles. The molecule has 0 aliphatic carbocycles. The molecular formula is C23H23N2S+. The van der Waals surface area contributed by atoms with Crippen molar-refractivity contribution >= 4 is 34.4 Å². The summed E-state index contributed by atoms with van der Waals surface area (Å²) >= 11 is 1.85. The van der Waals surface area contributed by atoms with Gasteiger partial charge in [0, 0.05) is 35.5 Å². The predicted molar refractivity (Wildman–Crippen MR) is 112 cm³/mol. The molecule has 0 unspecified atom stereocenters. The van der Waals surface area contributed by atoms with Gasteiger partial charge >= 0.3 is 0 Å². The van der Waals surface area contributed by atoms with Gasteiger partial charge < -0.3 is 4.90 Å². The Morgan fingerprint density at radius 2 is 1.92 bits per heavy atom. The van der Waals surface area contributed by atoms with Crippen LogP contribution in [0.25, 0.3) is 17.0 Å². The molecular weight excluding hydrogens is 336 g/mol. The van der Waals surface area contributed by atoms with Crippen molar-refractivity contribution < 1.29 is 4.57 Å². The third-order valence-corrected chi connectivity index (χ3v) is 6.19. The van der Waals surface area contributed by atoms with E-state index in [1.165, 1.54) is 43.3 Å². The van der Waals surface area contributed by atoms with Gasteiger partial charge in [-0.1, -0.05) is 36.5 Å². The highest BCUT2D eigenvalue weighted by Gasteiger charge is 2.25. The Labute approximate surface area is 159 Å². The van der Waals surface area contributed by atoms with Crippen LogP contribution in [0.2, 0.25) is 0 Å². The summed E-state index contributed by atoms with van der Waals surface area (Å²) in [5.41, 5.74) is 6.38. The van der Waals surface area contributed by atoms with E-state index in [0.717, 1.165) is 6.54 Å². The number of para-hydroxylation sites is 1. The molecule has 0 atom stereocenters. The summed E-state index contributed by atoms with van der Waals surface area (Å²) in [5, 5.41) is 2.50. The number of hydrogen-bond acceptors (Lipinski definition) is 2. The van der Waals surface area contributed by atoms with E-state index in [1.54, 1.807) is 0 Å². The first kappa shape index (κ1) is 16.9. The molecule has 1 aliphatic heterocycles. The number of allylic oxidation sites excluding steroid dienone is 1. The van der Waals surface area contributed by atoms with Crippen LogP contribution in [-0.2, 0) is 6.54 Å². The van der Waals surface area contributed by atoms with Crippen molar-refractivity contribution in [3.63, 3.8) is 0 Å². The van der Waals surface area contributed by atoms with Gasteiger partial charge in [-0.2, -0.15) is 4.57 Å². The fourth-order valence-corrected chi connectivity index (χ4v) is 4.74. The minimum absolute atomic E-state index is 0.792. The highest BCUT2D eigenvalue weighted by Crippen LogP contribution is 2.47. The van der Waals surface area contributed by atoms with E-state index in [1.807, 2.05) is 17.8 Å². The normalized spacial score (nSPS) is 14.9. The SMILES string of the molecule is C=CC[n+]1c(/C=C2\Sc3c(C)cc(C)cc3N2C)ccc2ccccc21. The van der Waals surface area contributed by atoms with E-state index in [9.17, 15) is 0 Å². The minimum atomic E-state index is 0.792. The molecule has 0 bridgehead atoms. The maximum atomic E-state index is 3.95. The number of benzene rings is 2. The number of thioether (sulfide) groups is 1. The second-order valence-electron chi connectivity index (χ2n) is 6.79. The standard InChI is InChI=1S/C23H23N2S/c1-5-12-25-19(11-10-18-8-6-7-9-20(18)25)15-22-24(4)21-14-16(2)13-17(3)23(21)26-22/h5-11,13-15H,1,12H2,2-4H3/q+1. The second kappa shape index (κ2) is 6.65. The molecule has 2 aromatic carbocycles. The van der Waals surface area contributed by atoms with Crippen molar-refractivity contribution in [2.75, 3.05) is 11.9 Å². The van der Waals surface area contributed by atoms with Crippen LogP contribution in [0.15, 0.2) is 71.1 Å². The molecule has 3 aromatic rings. The number of anilines is 1. The van der Waals surface area contributed by atoms with Crippen LogP contribution in [0.1, 0.15) is 16.8 Å². The zero-order valence-corrected chi connectivity index (χ0v) is 16.3. The average molecular weight is 360 g/mol. The summed E-state index contributed by atoms with van der Waals surface area (Å²) in [4.78, 5) is 3.66. The molecule has 1 aliphatic rings. The fraction of sp³-hybridized carbons (Fsp3) is 0.174. The lowest BCUT2D eigenvalue weighted by atomic mass is 10.1. The second-order valence-corrected chi connectivity index (χ2v) is 7.82. The van der Waals surface area contributed by atoms with E-state index in [4.69, 9.17) is 0 Å². The number of rotatable bonds is 3. The number of aryl methyl sites for hydroxylation is 2. The number of fused-ring (bicyclic) bond motifs is 2. The molecule has 3 heteroatoms. The largest absolute Gasteiger partial charge is 0.338 e. The zero-order chi connectivity index (χ0) is 18.3. The van der Waals surface area contributed by atoms with Gasteiger partial charge in [0.2, 0.25) is 11.2 Å². The van der Waals surface area contributed by atoms with Crippen LogP contribution in [0.3, 0.4) is 0 Å². The Balaban J connectivity index is 1.83. The van der Waals surface area contributed by atoms with Gasteiger partial charge in [0.25, 0.3) is 0 Å². The molecule has 0 saturated heterocycles. The van der Waals surface area contributed by atoms with Crippen molar-refractivity contribution in [1.82, 2.24) is 0 Å². The number of hydrogen-bond donors (Lipinski definition) is 0. The van der Waals surface area contributed by atoms with Crippen molar-refractivity contribution in [2.45, 2.75) is 25.3 Å². The van der Waals surface area contributed by atoms with Crippen LogP contribution in [0, 0.1) is 13.8 Å². The summed E-state index contributed by atoms with van der Waals surface area (Å²) in [6.07, 6.45) is 4.25. The first-order valence-electron chi connectivity index (χ1n) is 8.85. The Hall–Kier alpha value is -2.52. The highest BCUT2D eigenvalue weighted by atomic mass is 32.2. The van der Waals surface area contributed by atoms with Gasteiger partial charge in [-0.3, -0.25) is 0 Å². The predicted octanol–water partition coefficient (Wildman–Crippen LogP) is 5.47. The highest BCUT2D eigenvalue weighted by molar-refractivity contribution is 8.04. The summed E-state index contributed by atoms with van der Waals surface area (Å²) in [6.45, 7) is 9.10. The third-order valence-electron chi connectivity index (χ3n) is 4.85. The van der Waals surface area contributed by atoms with Crippen molar-refractivity contribution in [3.8, 4) is 0 Å². The van der Waals surface area contributed by atoms with Gasteiger partial charge in [-0.05, 0) is 49.2 Å². The van der Waals surface area contributed by atoms with E-state index >= 15 is 0 Å². The molecule has 1 aromatic heterocycles. The van der Waals surface area contributed by atoms with Crippen LogP contribution in [0.5, 0.6) is 0 Å². The molecule has 0 radical (unpaired) electrons. The Morgan fingerprint density at radius 1 is 1.12 bits per heavy atom. The van der Waals surface area contributed by atoms with Gasteiger partial charge in [-0.25, -0.2) is 0 Å². The van der Waals surface area contributed by atoms with Crippen molar-refractivity contribution in [1.29, 1.82) is 0 Å². The van der Waals surface area contributed by atoms with Crippen LogP contribution in [-0.4, -0.2) is 7.05 Å². The van der Waals surface area contributed by atoms with E-state index < -0.39 is 0 Å². The number of pyridine rings is 1. The maximum absolute atomic E-state index is 3.95. The first-order valence-corrected chi connectivity index (χ1v) is 9.67. The van der Waals surface area contributed by atoms with Crippen LogP contribution < -0.4 is 9.47 Å². The lowest BCUT2D eigenvalue weighted by molar-refractivity contribution is -0.662. The summed E-state index contributed by atoms with van der Waals surface area (Å²) in [7, 11) is 2.16. The maximum Gasteiger partial charge on any atom is 0.213 e. The summed E-state index contributed by atoms with van der Waals surface area (Å²) in [5.74, 6) is 0. The molecule has 0 N–H and O–H groups in total. The summed E-state index contributed by atoms with van der Waals surface area (Å²) in [6, 6.07) is 17.4. The Bertz CT molecular complexity index is 1050. The molecule has 130 valence electrons. The molecule has 0 amide bonds.